The molecule has 0 bridgehead atoms. The van der Waals surface area contributed by atoms with E-state index in [1.54, 1.807) is 0 Å². The van der Waals surface area contributed by atoms with Crippen LogP contribution in [0.1, 0.15) is 27.2 Å². The summed E-state index contributed by atoms with van der Waals surface area (Å²) in [7, 11) is 0. The maximum Gasteiger partial charge on any atom is 0.309 e. The van der Waals surface area contributed by atoms with Crippen LogP contribution in [0.3, 0.4) is 0 Å². The van der Waals surface area contributed by atoms with Gasteiger partial charge in [0.2, 0.25) is 0 Å². The Morgan fingerprint density at radius 3 is 2.33 bits per heavy atom. The number of hydrogen-bond acceptors (Lipinski definition) is 4. The number of alkyl halides is 1. The number of halogens is 1. The van der Waals surface area contributed by atoms with Gasteiger partial charge in [0.05, 0.1) is 18.9 Å². The quantitative estimate of drug-likeness (QED) is 0.521. The minimum atomic E-state index is -0.594. The lowest BCUT2D eigenvalue weighted by atomic mass is 10.2. The number of carbonyl (C=O) groups excluding carboxylic acids is 2. The highest BCUT2D eigenvalue weighted by molar-refractivity contribution is 6.18. The van der Waals surface area contributed by atoms with Gasteiger partial charge in [-0.05, 0) is 5.92 Å². The van der Waals surface area contributed by atoms with E-state index in [2.05, 4.69) is 0 Å². The van der Waals surface area contributed by atoms with Crippen LogP contribution in [0, 0.1) is 5.92 Å². The van der Waals surface area contributed by atoms with E-state index in [9.17, 15) is 9.59 Å². The highest BCUT2D eigenvalue weighted by atomic mass is 35.5. The molecule has 5 heteroatoms. The summed E-state index contributed by atoms with van der Waals surface area (Å²) in [5.41, 5.74) is 0. The van der Waals surface area contributed by atoms with Crippen molar-refractivity contribution < 1.29 is 19.1 Å². The maximum absolute atomic E-state index is 11.2. The van der Waals surface area contributed by atoms with Crippen molar-refractivity contribution in [3.8, 4) is 0 Å². The van der Waals surface area contributed by atoms with Crippen molar-refractivity contribution >= 4 is 23.5 Å². The lowest BCUT2D eigenvalue weighted by Crippen LogP contribution is -2.23. The highest BCUT2D eigenvalue weighted by Gasteiger charge is 2.16. The van der Waals surface area contributed by atoms with E-state index < -0.39 is 18.0 Å². The summed E-state index contributed by atoms with van der Waals surface area (Å²) in [4.78, 5) is 21.9. The minimum Gasteiger partial charge on any atom is -0.465 e. The van der Waals surface area contributed by atoms with Crippen LogP contribution in [-0.4, -0.2) is 30.5 Å². The average molecular weight is 237 g/mol. The topological polar surface area (TPSA) is 52.6 Å². The molecule has 0 radical (unpaired) electrons. The predicted octanol–water partition coefficient (Wildman–Crippen LogP) is 1.75. The molecule has 15 heavy (non-hydrogen) atoms. The van der Waals surface area contributed by atoms with E-state index in [-0.39, 0.29) is 18.2 Å². The first-order valence-corrected chi connectivity index (χ1v) is 5.38. The van der Waals surface area contributed by atoms with E-state index >= 15 is 0 Å². The lowest BCUT2D eigenvalue weighted by Gasteiger charge is -2.13. The van der Waals surface area contributed by atoms with Crippen molar-refractivity contribution in [1.29, 1.82) is 0 Å². The van der Waals surface area contributed by atoms with Crippen LogP contribution in [0.2, 0.25) is 0 Å². The molecule has 1 unspecified atom stereocenters. The van der Waals surface area contributed by atoms with Crippen LogP contribution >= 0.6 is 11.6 Å². The Hall–Kier alpha value is -0.770. The third-order valence-corrected chi connectivity index (χ3v) is 1.82. The van der Waals surface area contributed by atoms with Crippen molar-refractivity contribution in [3.05, 3.63) is 0 Å². The molecule has 0 spiro atoms. The summed E-state index contributed by atoms with van der Waals surface area (Å²) in [6.07, 6.45) is -0.584. The number of carbonyl (C=O) groups is 2. The molecular formula is C10H17ClO4. The third kappa shape index (κ3) is 8.24. The Morgan fingerprint density at radius 1 is 1.33 bits per heavy atom. The van der Waals surface area contributed by atoms with Gasteiger partial charge in [0.15, 0.2) is 0 Å². The van der Waals surface area contributed by atoms with Crippen LogP contribution in [0.15, 0.2) is 0 Å². The molecule has 0 aromatic carbocycles. The zero-order valence-electron chi connectivity index (χ0n) is 9.29. The van der Waals surface area contributed by atoms with E-state index in [0.29, 0.717) is 6.61 Å². The monoisotopic (exact) mass is 236 g/mol. The number of ether oxygens (including phenoxy) is 2. The fraction of sp³-hybridized carbons (Fsp3) is 0.800. The van der Waals surface area contributed by atoms with Crippen molar-refractivity contribution in [2.45, 2.75) is 33.3 Å². The Bertz CT molecular complexity index is 215. The fourth-order valence-corrected chi connectivity index (χ4v) is 1.04. The molecule has 0 aliphatic rings. The molecule has 0 heterocycles. The predicted molar refractivity (Wildman–Crippen MR) is 56.7 cm³/mol. The summed E-state index contributed by atoms with van der Waals surface area (Å²) < 4.78 is 9.73. The van der Waals surface area contributed by atoms with Gasteiger partial charge in [0.25, 0.3) is 0 Å². The molecule has 0 N–H and O–H groups in total. The van der Waals surface area contributed by atoms with Crippen molar-refractivity contribution in [2.75, 3.05) is 12.5 Å². The molecule has 0 fully saturated rings. The number of rotatable bonds is 6. The second kappa shape index (κ2) is 7.51. The SMILES string of the molecule is CC(=O)OC(CCl)CC(=O)OCC(C)C. The highest BCUT2D eigenvalue weighted by Crippen LogP contribution is 2.04. The zero-order valence-corrected chi connectivity index (χ0v) is 10.0. The van der Waals surface area contributed by atoms with E-state index in [0.717, 1.165) is 0 Å². The molecule has 1 atom stereocenters. The van der Waals surface area contributed by atoms with Crippen LogP contribution in [0.4, 0.5) is 0 Å². The molecule has 0 amide bonds. The van der Waals surface area contributed by atoms with Crippen molar-refractivity contribution in [2.24, 2.45) is 5.92 Å². The Labute approximate surface area is 94.9 Å². The average Bonchev–Trinajstić information content (AvgIpc) is 2.13. The zero-order chi connectivity index (χ0) is 11.8. The molecule has 0 aromatic rings. The second-order valence-corrected chi connectivity index (χ2v) is 3.98. The molecule has 0 aliphatic heterocycles. The Morgan fingerprint density at radius 2 is 1.93 bits per heavy atom. The van der Waals surface area contributed by atoms with Gasteiger partial charge >= 0.3 is 11.9 Å². The van der Waals surface area contributed by atoms with E-state index in [1.807, 2.05) is 13.8 Å². The number of esters is 2. The minimum absolute atomic E-state index is 0.00972. The number of hydrogen-bond donors (Lipinski definition) is 0. The fourth-order valence-electron chi connectivity index (χ4n) is 0.867. The van der Waals surface area contributed by atoms with Gasteiger partial charge in [-0.3, -0.25) is 9.59 Å². The molecule has 88 valence electrons. The molecule has 4 nitrogen and oxygen atoms in total. The summed E-state index contributed by atoms with van der Waals surface area (Å²) in [5.74, 6) is -0.457. The first-order chi connectivity index (χ1) is 6.95. The Kier molecular flexibility index (Phi) is 7.13. The standard InChI is InChI=1S/C10H17ClO4/c1-7(2)6-14-10(13)4-9(5-11)15-8(3)12/h7,9H,4-6H2,1-3H3. The van der Waals surface area contributed by atoms with E-state index in [1.165, 1.54) is 6.92 Å². The molecule has 0 saturated heterocycles. The molecule has 0 rings (SSSR count). The summed E-state index contributed by atoms with van der Waals surface area (Å²) in [5, 5.41) is 0. The first kappa shape index (κ1) is 14.2. The summed E-state index contributed by atoms with van der Waals surface area (Å²) in [6.45, 7) is 5.53. The van der Waals surface area contributed by atoms with Crippen molar-refractivity contribution in [3.63, 3.8) is 0 Å². The van der Waals surface area contributed by atoms with Crippen LogP contribution in [0.5, 0.6) is 0 Å². The van der Waals surface area contributed by atoms with Crippen LogP contribution in [0.25, 0.3) is 0 Å². The largest absolute Gasteiger partial charge is 0.465 e. The van der Waals surface area contributed by atoms with Gasteiger partial charge in [-0.15, -0.1) is 11.6 Å². The Balaban J connectivity index is 3.85. The molecule has 0 aliphatic carbocycles. The van der Waals surface area contributed by atoms with Crippen LogP contribution < -0.4 is 0 Å². The van der Waals surface area contributed by atoms with Gasteiger partial charge < -0.3 is 9.47 Å². The van der Waals surface area contributed by atoms with Gasteiger partial charge in [-0.25, -0.2) is 0 Å². The summed E-state index contributed by atoms with van der Waals surface area (Å²) >= 11 is 5.53. The van der Waals surface area contributed by atoms with Gasteiger partial charge in [-0.1, -0.05) is 13.8 Å². The second-order valence-electron chi connectivity index (χ2n) is 3.67. The first-order valence-electron chi connectivity index (χ1n) is 4.84. The van der Waals surface area contributed by atoms with Crippen molar-refractivity contribution in [1.82, 2.24) is 0 Å². The summed E-state index contributed by atoms with van der Waals surface area (Å²) in [6, 6.07) is 0. The molecule has 0 aromatic heterocycles. The van der Waals surface area contributed by atoms with E-state index in [4.69, 9.17) is 21.1 Å². The normalized spacial score (nSPS) is 12.3. The van der Waals surface area contributed by atoms with Gasteiger partial charge in [-0.2, -0.15) is 0 Å². The third-order valence-electron chi connectivity index (χ3n) is 1.48. The lowest BCUT2D eigenvalue weighted by molar-refractivity contribution is -0.153. The smallest absolute Gasteiger partial charge is 0.309 e. The molecule has 0 saturated carbocycles. The van der Waals surface area contributed by atoms with Crippen LogP contribution in [-0.2, 0) is 19.1 Å². The van der Waals surface area contributed by atoms with Gasteiger partial charge in [0.1, 0.15) is 6.10 Å². The van der Waals surface area contributed by atoms with Gasteiger partial charge in [0, 0.05) is 6.92 Å². The molecular weight excluding hydrogens is 220 g/mol. The maximum atomic E-state index is 11.2.